The molecular formula is C18H18N2O7S. The van der Waals surface area contributed by atoms with Gasteiger partial charge in [-0.25, -0.2) is 18.4 Å². The molecule has 0 fully saturated rings. The van der Waals surface area contributed by atoms with Crippen molar-refractivity contribution < 1.29 is 32.2 Å². The summed E-state index contributed by atoms with van der Waals surface area (Å²) in [5.74, 6) is -0.466. The molecule has 0 radical (unpaired) electrons. The van der Waals surface area contributed by atoms with Crippen molar-refractivity contribution in [3.8, 4) is 11.5 Å². The highest BCUT2D eigenvalue weighted by Gasteiger charge is 2.31. The Kier molecular flexibility index (Phi) is 5.52. The molecule has 1 heterocycles. The zero-order valence-corrected chi connectivity index (χ0v) is 15.6. The summed E-state index contributed by atoms with van der Waals surface area (Å²) in [4.78, 5) is 24.4. The number of primary sulfonamides is 1. The molecule has 0 saturated carbocycles. The van der Waals surface area contributed by atoms with Gasteiger partial charge in [0.25, 0.3) is 5.91 Å². The van der Waals surface area contributed by atoms with Gasteiger partial charge in [-0.05, 0) is 37.3 Å². The van der Waals surface area contributed by atoms with Crippen molar-refractivity contribution >= 4 is 27.6 Å². The average molecular weight is 406 g/mol. The van der Waals surface area contributed by atoms with E-state index in [1.165, 1.54) is 31.2 Å². The number of anilines is 1. The number of carbonyl (C=O) groups is 2. The Hall–Kier alpha value is -3.11. The van der Waals surface area contributed by atoms with E-state index in [1.807, 2.05) is 0 Å². The molecule has 0 aliphatic carbocycles. The fourth-order valence-electron chi connectivity index (χ4n) is 2.43. The normalized spacial score (nSPS) is 16.7. The van der Waals surface area contributed by atoms with E-state index < -0.39 is 34.1 Å². The number of nitrogens with one attached hydrogen (secondary N) is 1. The molecule has 10 heteroatoms. The van der Waals surface area contributed by atoms with Gasteiger partial charge in [-0.3, -0.25) is 4.79 Å². The zero-order chi connectivity index (χ0) is 20.3. The lowest BCUT2D eigenvalue weighted by molar-refractivity contribution is -0.162. The number of fused-ring (bicyclic) bond motifs is 1. The Morgan fingerprint density at radius 2 is 1.89 bits per heavy atom. The van der Waals surface area contributed by atoms with E-state index in [0.29, 0.717) is 11.5 Å². The minimum Gasteiger partial charge on any atom is -0.485 e. The SMILES string of the molecule is C[C@@H](OC(=O)[C@@H]1COc2ccccc2O1)C(=O)Nc1cccc(S(N)(=O)=O)c1. The van der Waals surface area contributed by atoms with Gasteiger partial charge in [0, 0.05) is 5.69 Å². The summed E-state index contributed by atoms with van der Waals surface area (Å²) in [5.41, 5.74) is 0.200. The Bertz CT molecular complexity index is 1010. The maximum Gasteiger partial charge on any atom is 0.351 e. The number of hydrogen-bond donors (Lipinski definition) is 2. The van der Waals surface area contributed by atoms with Crippen LogP contribution in [0.4, 0.5) is 5.69 Å². The summed E-state index contributed by atoms with van der Waals surface area (Å²) in [5, 5.41) is 7.53. The summed E-state index contributed by atoms with van der Waals surface area (Å²) in [6.45, 7) is 1.34. The first-order valence-electron chi connectivity index (χ1n) is 8.27. The fourth-order valence-corrected chi connectivity index (χ4v) is 2.99. The predicted octanol–water partition coefficient (Wildman–Crippen LogP) is 1.04. The van der Waals surface area contributed by atoms with Crippen LogP contribution in [0.5, 0.6) is 11.5 Å². The number of amides is 1. The van der Waals surface area contributed by atoms with Gasteiger partial charge in [-0.1, -0.05) is 18.2 Å². The fraction of sp³-hybridized carbons (Fsp3) is 0.222. The van der Waals surface area contributed by atoms with E-state index in [4.69, 9.17) is 19.3 Å². The highest BCUT2D eigenvalue weighted by molar-refractivity contribution is 7.89. The molecule has 1 aliphatic rings. The number of ether oxygens (including phenoxy) is 3. The first-order valence-corrected chi connectivity index (χ1v) is 9.81. The van der Waals surface area contributed by atoms with Crippen molar-refractivity contribution in [2.45, 2.75) is 24.0 Å². The number of nitrogens with two attached hydrogens (primary N) is 1. The molecule has 2 aromatic rings. The highest BCUT2D eigenvalue weighted by atomic mass is 32.2. The smallest absolute Gasteiger partial charge is 0.351 e. The van der Waals surface area contributed by atoms with Crippen LogP contribution in [0.2, 0.25) is 0 Å². The van der Waals surface area contributed by atoms with Gasteiger partial charge in [-0.15, -0.1) is 0 Å². The highest BCUT2D eigenvalue weighted by Crippen LogP contribution is 2.31. The van der Waals surface area contributed by atoms with Gasteiger partial charge >= 0.3 is 5.97 Å². The van der Waals surface area contributed by atoms with Gasteiger partial charge in [0.15, 0.2) is 17.6 Å². The Morgan fingerprint density at radius 1 is 1.18 bits per heavy atom. The van der Waals surface area contributed by atoms with Crippen molar-refractivity contribution in [3.63, 3.8) is 0 Å². The van der Waals surface area contributed by atoms with E-state index in [0.717, 1.165) is 0 Å². The van der Waals surface area contributed by atoms with Crippen molar-refractivity contribution in [3.05, 3.63) is 48.5 Å². The maximum absolute atomic E-state index is 12.3. The lowest BCUT2D eigenvalue weighted by Gasteiger charge is -2.25. The molecule has 0 bridgehead atoms. The van der Waals surface area contributed by atoms with E-state index in [9.17, 15) is 18.0 Å². The molecular weight excluding hydrogens is 388 g/mol. The number of rotatable bonds is 5. The van der Waals surface area contributed by atoms with Gasteiger partial charge in [0.1, 0.15) is 6.61 Å². The predicted molar refractivity (Wildman–Crippen MR) is 98.4 cm³/mol. The van der Waals surface area contributed by atoms with Crippen LogP contribution in [0.3, 0.4) is 0 Å². The van der Waals surface area contributed by atoms with E-state index in [2.05, 4.69) is 5.32 Å². The second-order valence-corrected chi connectivity index (χ2v) is 7.57. The summed E-state index contributed by atoms with van der Waals surface area (Å²) < 4.78 is 38.9. The van der Waals surface area contributed by atoms with Crippen LogP contribution in [0, 0.1) is 0 Å². The number of sulfonamides is 1. The Balaban J connectivity index is 1.59. The minimum absolute atomic E-state index is 0.0411. The van der Waals surface area contributed by atoms with Crippen molar-refractivity contribution in [2.24, 2.45) is 5.14 Å². The number of para-hydroxylation sites is 2. The van der Waals surface area contributed by atoms with E-state index >= 15 is 0 Å². The van der Waals surface area contributed by atoms with E-state index in [1.54, 1.807) is 24.3 Å². The molecule has 28 heavy (non-hydrogen) atoms. The molecule has 9 nitrogen and oxygen atoms in total. The molecule has 3 rings (SSSR count). The van der Waals surface area contributed by atoms with Gasteiger partial charge < -0.3 is 19.5 Å². The first-order chi connectivity index (χ1) is 13.2. The third-order valence-corrected chi connectivity index (χ3v) is 4.77. The summed E-state index contributed by atoms with van der Waals surface area (Å²) in [6.07, 6.45) is -2.15. The Morgan fingerprint density at radius 3 is 2.61 bits per heavy atom. The van der Waals surface area contributed by atoms with Gasteiger partial charge in [0.05, 0.1) is 4.90 Å². The van der Waals surface area contributed by atoms with Crippen molar-refractivity contribution in [1.82, 2.24) is 0 Å². The number of carbonyl (C=O) groups excluding carboxylic acids is 2. The zero-order valence-electron chi connectivity index (χ0n) is 14.8. The number of esters is 1. The molecule has 0 unspecified atom stereocenters. The molecule has 1 amide bonds. The van der Waals surface area contributed by atoms with Crippen LogP contribution in [0.25, 0.3) is 0 Å². The molecule has 0 spiro atoms. The van der Waals surface area contributed by atoms with Crippen molar-refractivity contribution in [1.29, 1.82) is 0 Å². The number of hydrogen-bond acceptors (Lipinski definition) is 7. The lowest BCUT2D eigenvalue weighted by atomic mass is 10.2. The largest absolute Gasteiger partial charge is 0.485 e. The third kappa shape index (κ3) is 4.59. The first kappa shape index (κ1) is 19.6. The molecule has 1 aliphatic heterocycles. The standard InChI is InChI=1S/C18H18N2O7S/c1-11(17(21)20-12-5-4-6-13(9-12)28(19,23)24)26-18(22)16-10-25-14-7-2-3-8-15(14)27-16/h2-9,11,16H,10H2,1H3,(H,20,21)(H2,19,23,24)/t11-,16+/m1/s1. The third-order valence-electron chi connectivity index (χ3n) is 3.86. The minimum atomic E-state index is -3.91. The monoisotopic (exact) mass is 406 g/mol. The Labute approximate surface area is 161 Å². The molecule has 148 valence electrons. The van der Waals surface area contributed by atoms with Crippen LogP contribution < -0.4 is 19.9 Å². The second-order valence-electron chi connectivity index (χ2n) is 6.01. The average Bonchev–Trinajstić information content (AvgIpc) is 2.67. The summed E-state index contributed by atoms with van der Waals surface area (Å²) in [7, 11) is -3.91. The van der Waals surface area contributed by atoms with Crippen LogP contribution >= 0.6 is 0 Å². The molecule has 3 N–H and O–H groups in total. The number of benzene rings is 2. The molecule has 0 saturated heterocycles. The van der Waals surface area contributed by atoms with Gasteiger partial charge in [0.2, 0.25) is 16.1 Å². The molecule has 2 aromatic carbocycles. The molecule has 0 aromatic heterocycles. The van der Waals surface area contributed by atoms with Crippen molar-refractivity contribution in [2.75, 3.05) is 11.9 Å². The maximum atomic E-state index is 12.3. The van der Waals surface area contributed by atoms with Crippen LogP contribution in [0.15, 0.2) is 53.4 Å². The summed E-state index contributed by atoms with van der Waals surface area (Å²) in [6, 6.07) is 12.3. The topological polar surface area (TPSA) is 134 Å². The van der Waals surface area contributed by atoms with Crippen LogP contribution in [-0.2, 0) is 24.3 Å². The quantitative estimate of drug-likeness (QED) is 0.709. The second kappa shape index (κ2) is 7.87. The van der Waals surface area contributed by atoms with E-state index in [-0.39, 0.29) is 17.2 Å². The van der Waals surface area contributed by atoms with Crippen LogP contribution in [-0.4, -0.2) is 39.1 Å². The summed E-state index contributed by atoms with van der Waals surface area (Å²) >= 11 is 0. The molecule has 2 atom stereocenters. The lowest BCUT2D eigenvalue weighted by Crippen LogP contribution is -2.41. The van der Waals surface area contributed by atoms with Crippen LogP contribution in [0.1, 0.15) is 6.92 Å². The van der Waals surface area contributed by atoms with Gasteiger partial charge in [-0.2, -0.15) is 0 Å².